The Balaban J connectivity index is 1.80. The summed E-state index contributed by atoms with van der Waals surface area (Å²) in [5.41, 5.74) is 3.36. The topological polar surface area (TPSA) is 89.0 Å². The number of nitrogens with zero attached hydrogens (tertiary/aromatic N) is 3. The lowest BCUT2D eigenvalue weighted by atomic mass is 10.0. The van der Waals surface area contributed by atoms with Gasteiger partial charge in [0.05, 0.1) is 16.6 Å². The van der Waals surface area contributed by atoms with Gasteiger partial charge in [-0.2, -0.15) is 10.4 Å². The van der Waals surface area contributed by atoms with Gasteiger partial charge in [0.1, 0.15) is 28.7 Å². The van der Waals surface area contributed by atoms with Gasteiger partial charge in [-0.25, -0.2) is 0 Å². The van der Waals surface area contributed by atoms with Crippen molar-refractivity contribution in [1.29, 1.82) is 5.26 Å². The lowest BCUT2D eigenvalue weighted by Crippen LogP contribution is -2.07. The van der Waals surface area contributed by atoms with Crippen molar-refractivity contribution in [2.24, 2.45) is 0 Å². The molecule has 2 aromatic heterocycles. The quantitative estimate of drug-likeness (QED) is 0.503. The molecule has 0 amide bonds. The summed E-state index contributed by atoms with van der Waals surface area (Å²) in [6, 6.07) is 16.5. The van der Waals surface area contributed by atoms with Crippen LogP contribution in [0.3, 0.4) is 0 Å². The number of hydrogen-bond donors (Lipinski definition) is 0. The van der Waals surface area contributed by atoms with Crippen molar-refractivity contribution >= 4 is 11.0 Å². The fraction of sp³-hybridized carbons (Fsp3) is 0.130. The predicted octanol–water partition coefficient (Wildman–Crippen LogP) is 4.84. The minimum atomic E-state index is -0.106. The van der Waals surface area contributed by atoms with E-state index in [0.29, 0.717) is 44.9 Å². The van der Waals surface area contributed by atoms with Gasteiger partial charge < -0.3 is 9.15 Å². The molecular formula is C23H17N3O3. The number of rotatable bonds is 3. The van der Waals surface area contributed by atoms with E-state index >= 15 is 0 Å². The fourth-order valence-corrected chi connectivity index (χ4v) is 3.19. The summed E-state index contributed by atoms with van der Waals surface area (Å²) in [6.45, 7) is 5.34. The normalized spacial score (nSPS) is 10.7. The summed E-state index contributed by atoms with van der Waals surface area (Å²) >= 11 is 0. The van der Waals surface area contributed by atoms with E-state index in [2.05, 4.69) is 16.3 Å². The molecule has 0 bridgehead atoms. The summed E-state index contributed by atoms with van der Waals surface area (Å²) in [5, 5.41) is 17.9. The van der Waals surface area contributed by atoms with Crippen molar-refractivity contribution in [3.05, 3.63) is 81.3 Å². The average Bonchev–Trinajstić information content (AvgIpc) is 2.71. The molecule has 2 heterocycles. The Morgan fingerprint density at radius 2 is 1.79 bits per heavy atom. The first-order chi connectivity index (χ1) is 14.0. The molecule has 29 heavy (non-hydrogen) atoms. The zero-order chi connectivity index (χ0) is 20.5. The summed E-state index contributed by atoms with van der Waals surface area (Å²) in [4.78, 5) is 13.0. The van der Waals surface area contributed by atoms with Gasteiger partial charge in [0.15, 0.2) is 0 Å². The highest BCUT2D eigenvalue weighted by atomic mass is 16.5. The van der Waals surface area contributed by atoms with Crippen LogP contribution in [-0.2, 0) is 0 Å². The van der Waals surface area contributed by atoms with Crippen LogP contribution in [0, 0.1) is 32.1 Å². The number of ether oxygens (including phenoxy) is 1. The van der Waals surface area contributed by atoms with Crippen LogP contribution in [-0.4, -0.2) is 10.2 Å². The zero-order valence-electron chi connectivity index (χ0n) is 16.2. The van der Waals surface area contributed by atoms with Crippen LogP contribution < -0.4 is 10.2 Å². The van der Waals surface area contributed by atoms with E-state index in [1.54, 1.807) is 39.0 Å². The van der Waals surface area contributed by atoms with Crippen LogP contribution >= 0.6 is 0 Å². The maximum atomic E-state index is 13.0. The molecule has 0 aliphatic heterocycles. The van der Waals surface area contributed by atoms with Crippen molar-refractivity contribution in [2.75, 3.05) is 0 Å². The molecular weight excluding hydrogens is 366 g/mol. The smallest absolute Gasteiger partial charge is 0.257 e. The molecule has 0 N–H and O–H groups in total. The Morgan fingerprint density at radius 1 is 1.03 bits per heavy atom. The molecule has 0 unspecified atom stereocenters. The number of aromatic nitrogens is 2. The van der Waals surface area contributed by atoms with Crippen molar-refractivity contribution in [2.45, 2.75) is 20.8 Å². The van der Waals surface area contributed by atoms with Crippen LogP contribution in [0.4, 0.5) is 0 Å². The summed E-state index contributed by atoms with van der Waals surface area (Å²) in [5.74, 6) is 1.05. The van der Waals surface area contributed by atoms with E-state index < -0.39 is 0 Å². The van der Waals surface area contributed by atoms with Gasteiger partial charge >= 0.3 is 0 Å². The summed E-state index contributed by atoms with van der Waals surface area (Å²) in [7, 11) is 0. The first-order valence-electron chi connectivity index (χ1n) is 9.04. The van der Waals surface area contributed by atoms with Crippen molar-refractivity contribution in [3.63, 3.8) is 0 Å². The fourth-order valence-electron chi connectivity index (χ4n) is 3.19. The Morgan fingerprint density at radius 3 is 2.52 bits per heavy atom. The maximum Gasteiger partial charge on any atom is 0.257 e. The molecule has 4 rings (SSSR count). The van der Waals surface area contributed by atoms with Gasteiger partial charge in [-0.3, -0.25) is 4.79 Å². The first-order valence-corrected chi connectivity index (χ1v) is 9.04. The maximum absolute atomic E-state index is 13.0. The van der Waals surface area contributed by atoms with Crippen LogP contribution in [0.5, 0.6) is 11.6 Å². The van der Waals surface area contributed by atoms with E-state index in [-0.39, 0.29) is 11.3 Å². The highest BCUT2D eigenvalue weighted by Gasteiger charge is 2.16. The first kappa shape index (κ1) is 18.4. The SMILES string of the molecule is Cc1nnc(Oc2ccc3c(=O)c(-c4ccccc4)c(C)oc3c2)c(C#N)c1C. The monoisotopic (exact) mass is 383 g/mol. The minimum absolute atomic E-state index is 0.106. The molecule has 0 aliphatic carbocycles. The standard InChI is InChI=1S/C23H17N3O3/c1-13-14(2)25-26-23(19(13)12-24)29-17-9-10-18-20(11-17)28-15(3)21(22(18)27)16-7-5-4-6-8-16/h4-11H,1-3H3. The van der Waals surface area contributed by atoms with E-state index in [0.717, 1.165) is 5.56 Å². The number of fused-ring (bicyclic) bond motifs is 1. The van der Waals surface area contributed by atoms with E-state index in [1.165, 1.54) is 0 Å². The Kier molecular flexibility index (Phi) is 4.57. The van der Waals surface area contributed by atoms with Crippen LogP contribution in [0.2, 0.25) is 0 Å². The lowest BCUT2D eigenvalue weighted by Gasteiger charge is -2.10. The van der Waals surface area contributed by atoms with Crippen LogP contribution in [0.25, 0.3) is 22.1 Å². The molecule has 0 aliphatic rings. The molecule has 0 atom stereocenters. The molecule has 0 saturated carbocycles. The molecule has 0 spiro atoms. The zero-order valence-corrected chi connectivity index (χ0v) is 16.2. The molecule has 6 heteroatoms. The van der Waals surface area contributed by atoms with Crippen molar-refractivity contribution in [1.82, 2.24) is 10.2 Å². The third-order valence-corrected chi connectivity index (χ3v) is 4.85. The third kappa shape index (κ3) is 3.23. The Bertz CT molecular complexity index is 1340. The van der Waals surface area contributed by atoms with Gasteiger partial charge in [-0.15, -0.1) is 5.10 Å². The largest absolute Gasteiger partial charge is 0.460 e. The van der Waals surface area contributed by atoms with Crippen LogP contribution in [0.15, 0.2) is 57.7 Å². The van der Waals surface area contributed by atoms with Gasteiger partial charge in [-0.1, -0.05) is 30.3 Å². The van der Waals surface area contributed by atoms with E-state index in [4.69, 9.17) is 9.15 Å². The molecule has 0 saturated heterocycles. The summed E-state index contributed by atoms with van der Waals surface area (Å²) < 4.78 is 11.7. The van der Waals surface area contributed by atoms with Crippen LogP contribution in [0.1, 0.15) is 22.6 Å². The Hall–Kier alpha value is -3.98. The molecule has 4 aromatic rings. The van der Waals surface area contributed by atoms with E-state index in [9.17, 15) is 10.1 Å². The third-order valence-electron chi connectivity index (χ3n) is 4.85. The number of nitriles is 1. The highest BCUT2D eigenvalue weighted by Crippen LogP contribution is 2.29. The second-order valence-electron chi connectivity index (χ2n) is 6.69. The minimum Gasteiger partial charge on any atom is -0.460 e. The highest BCUT2D eigenvalue weighted by molar-refractivity contribution is 5.83. The Labute approximate surface area is 167 Å². The van der Waals surface area contributed by atoms with Gasteiger partial charge in [0, 0.05) is 6.07 Å². The van der Waals surface area contributed by atoms with Gasteiger partial charge in [-0.05, 0) is 44.0 Å². The second kappa shape index (κ2) is 7.21. The van der Waals surface area contributed by atoms with Crippen molar-refractivity contribution < 1.29 is 9.15 Å². The number of benzene rings is 2. The molecule has 142 valence electrons. The molecule has 0 radical (unpaired) electrons. The lowest BCUT2D eigenvalue weighted by molar-refractivity contribution is 0.450. The number of aryl methyl sites for hydroxylation is 2. The molecule has 6 nitrogen and oxygen atoms in total. The molecule has 0 fully saturated rings. The average molecular weight is 383 g/mol. The van der Waals surface area contributed by atoms with Gasteiger partial charge in [0.25, 0.3) is 5.88 Å². The second-order valence-corrected chi connectivity index (χ2v) is 6.69. The molecule has 2 aromatic carbocycles. The van der Waals surface area contributed by atoms with E-state index in [1.807, 2.05) is 30.3 Å². The van der Waals surface area contributed by atoms with Gasteiger partial charge in [0.2, 0.25) is 5.43 Å². The number of hydrogen-bond acceptors (Lipinski definition) is 6. The van der Waals surface area contributed by atoms with Crippen molar-refractivity contribution in [3.8, 4) is 28.8 Å². The summed E-state index contributed by atoms with van der Waals surface area (Å²) in [6.07, 6.45) is 0. The predicted molar refractivity (Wildman–Crippen MR) is 109 cm³/mol.